The van der Waals surface area contributed by atoms with Gasteiger partial charge in [0, 0.05) is 18.9 Å². The highest BCUT2D eigenvalue weighted by Crippen LogP contribution is 2.33. The molecule has 4 heteroatoms. The van der Waals surface area contributed by atoms with E-state index in [0.29, 0.717) is 19.3 Å². The number of ether oxygens (including phenoxy) is 1. The lowest BCUT2D eigenvalue weighted by atomic mass is 9.73. The molecule has 1 saturated carbocycles. The normalized spacial score (nSPS) is 21.3. The van der Waals surface area contributed by atoms with E-state index in [4.69, 9.17) is 4.74 Å². The molecule has 1 aromatic rings. The van der Waals surface area contributed by atoms with Crippen LogP contribution in [0.3, 0.4) is 0 Å². The first kappa shape index (κ1) is 14.6. The number of benzene rings is 1. The van der Waals surface area contributed by atoms with Gasteiger partial charge in [-0.3, -0.25) is 4.79 Å². The van der Waals surface area contributed by atoms with E-state index in [1.165, 1.54) is 0 Å². The number of amides is 1. The van der Waals surface area contributed by atoms with Gasteiger partial charge in [-0.05, 0) is 17.4 Å². The molecule has 2 rings (SSSR count). The Morgan fingerprint density at radius 3 is 2.70 bits per heavy atom. The minimum atomic E-state index is -0.415. The molecule has 20 heavy (non-hydrogen) atoms. The number of hydrogen-bond donors (Lipinski definition) is 1. The van der Waals surface area contributed by atoms with E-state index in [1.807, 2.05) is 44.2 Å². The van der Waals surface area contributed by atoms with Crippen LogP contribution in [0.25, 0.3) is 0 Å². The van der Waals surface area contributed by atoms with Crippen molar-refractivity contribution < 1.29 is 14.3 Å². The number of carbonyl (C=O) groups is 2. The fourth-order valence-electron chi connectivity index (χ4n) is 2.59. The minimum absolute atomic E-state index is 0.0107. The van der Waals surface area contributed by atoms with Crippen LogP contribution in [0, 0.1) is 5.41 Å². The Bertz CT molecular complexity index is 482. The Morgan fingerprint density at radius 1 is 1.35 bits per heavy atom. The molecule has 0 spiro atoms. The van der Waals surface area contributed by atoms with Gasteiger partial charge in [-0.15, -0.1) is 0 Å². The number of carbonyl (C=O) groups excluding carboxylic acids is 2. The van der Waals surface area contributed by atoms with Gasteiger partial charge in [0.2, 0.25) is 0 Å². The molecule has 0 heterocycles. The average molecular weight is 275 g/mol. The summed E-state index contributed by atoms with van der Waals surface area (Å²) in [6.07, 6.45) is 1.32. The fourth-order valence-corrected chi connectivity index (χ4v) is 2.59. The maximum Gasteiger partial charge on any atom is 0.407 e. The molecule has 0 unspecified atom stereocenters. The zero-order valence-corrected chi connectivity index (χ0v) is 12.0. The number of alkyl carbamates (subject to hydrolysis) is 1. The van der Waals surface area contributed by atoms with Gasteiger partial charge < -0.3 is 10.1 Å². The van der Waals surface area contributed by atoms with Gasteiger partial charge in [0.05, 0.1) is 0 Å². The van der Waals surface area contributed by atoms with Crippen LogP contribution < -0.4 is 5.32 Å². The Morgan fingerprint density at radius 2 is 2.05 bits per heavy atom. The molecule has 1 amide bonds. The molecule has 1 aliphatic rings. The summed E-state index contributed by atoms with van der Waals surface area (Å²) >= 11 is 0. The summed E-state index contributed by atoms with van der Waals surface area (Å²) in [4.78, 5) is 23.3. The second kappa shape index (κ2) is 6.07. The molecule has 108 valence electrons. The van der Waals surface area contributed by atoms with Crippen LogP contribution in [0.5, 0.6) is 0 Å². The van der Waals surface area contributed by atoms with E-state index < -0.39 is 6.09 Å². The zero-order valence-electron chi connectivity index (χ0n) is 12.0. The van der Waals surface area contributed by atoms with E-state index in [-0.39, 0.29) is 23.8 Å². The minimum Gasteiger partial charge on any atom is -0.445 e. The van der Waals surface area contributed by atoms with E-state index in [0.717, 1.165) is 5.56 Å². The number of rotatable bonds is 3. The Balaban J connectivity index is 1.84. The monoisotopic (exact) mass is 275 g/mol. The topological polar surface area (TPSA) is 55.4 Å². The molecule has 1 aliphatic carbocycles. The third-order valence-corrected chi connectivity index (χ3v) is 3.81. The predicted molar refractivity (Wildman–Crippen MR) is 76.2 cm³/mol. The maximum absolute atomic E-state index is 11.8. The average Bonchev–Trinajstić information content (AvgIpc) is 2.40. The SMILES string of the molecule is CC1(C)CC(=O)CC[C@@H]1NC(=O)OCc1ccccc1. The van der Waals surface area contributed by atoms with Crippen LogP contribution in [-0.2, 0) is 16.1 Å². The number of Topliss-reactive ketones (excluding diaryl/α,β-unsaturated/α-hetero) is 1. The van der Waals surface area contributed by atoms with Crippen molar-refractivity contribution in [1.82, 2.24) is 5.32 Å². The van der Waals surface area contributed by atoms with Gasteiger partial charge in [-0.2, -0.15) is 0 Å². The highest BCUT2D eigenvalue weighted by Gasteiger charge is 2.37. The molecule has 0 bridgehead atoms. The van der Waals surface area contributed by atoms with Crippen LogP contribution in [0.2, 0.25) is 0 Å². The van der Waals surface area contributed by atoms with Crippen LogP contribution in [0.4, 0.5) is 4.79 Å². The number of ketones is 1. The predicted octanol–water partition coefficient (Wildman–Crippen LogP) is 3.06. The number of hydrogen-bond acceptors (Lipinski definition) is 3. The van der Waals surface area contributed by atoms with Crippen molar-refractivity contribution in [2.45, 2.75) is 45.8 Å². The van der Waals surface area contributed by atoms with Crippen LogP contribution >= 0.6 is 0 Å². The fraction of sp³-hybridized carbons (Fsp3) is 0.500. The van der Waals surface area contributed by atoms with Crippen LogP contribution in [0.15, 0.2) is 30.3 Å². The van der Waals surface area contributed by atoms with Crippen LogP contribution in [-0.4, -0.2) is 17.9 Å². The molecule has 1 aromatic carbocycles. The Labute approximate surface area is 119 Å². The summed E-state index contributed by atoms with van der Waals surface area (Å²) in [5, 5.41) is 2.89. The third kappa shape index (κ3) is 3.83. The van der Waals surface area contributed by atoms with Crippen molar-refractivity contribution in [3.63, 3.8) is 0 Å². The van der Waals surface area contributed by atoms with Crippen molar-refractivity contribution >= 4 is 11.9 Å². The Hall–Kier alpha value is -1.84. The molecule has 1 atom stereocenters. The molecule has 0 radical (unpaired) electrons. The van der Waals surface area contributed by atoms with Gasteiger partial charge in [-0.1, -0.05) is 44.2 Å². The third-order valence-electron chi connectivity index (χ3n) is 3.81. The van der Waals surface area contributed by atoms with Crippen molar-refractivity contribution in [3.8, 4) is 0 Å². The first-order valence-corrected chi connectivity index (χ1v) is 6.96. The molecule has 0 aromatic heterocycles. The van der Waals surface area contributed by atoms with Crippen LogP contribution in [0.1, 0.15) is 38.7 Å². The molecule has 1 N–H and O–H groups in total. The maximum atomic E-state index is 11.8. The van der Waals surface area contributed by atoms with E-state index in [1.54, 1.807) is 0 Å². The van der Waals surface area contributed by atoms with Crippen molar-refractivity contribution in [2.75, 3.05) is 0 Å². The zero-order chi connectivity index (χ0) is 14.6. The van der Waals surface area contributed by atoms with Gasteiger partial charge in [-0.25, -0.2) is 4.79 Å². The summed E-state index contributed by atoms with van der Waals surface area (Å²) in [6.45, 7) is 4.27. The van der Waals surface area contributed by atoms with E-state index in [2.05, 4.69) is 5.32 Å². The van der Waals surface area contributed by atoms with E-state index >= 15 is 0 Å². The lowest BCUT2D eigenvalue weighted by molar-refractivity contribution is -0.123. The molecule has 0 saturated heterocycles. The van der Waals surface area contributed by atoms with Crippen molar-refractivity contribution in [3.05, 3.63) is 35.9 Å². The molecule has 4 nitrogen and oxygen atoms in total. The van der Waals surface area contributed by atoms with E-state index in [9.17, 15) is 9.59 Å². The summed E-state index contributed by atoms with van der Waals surface area (Å²) in [6, 6.07) is 9.56. The smallest absolute Gasteiger partial charge is 0.407 e. The first-order valence-electron chi connectivity index (χ1n) is 6.96. The van der Waals surface area contributed by atoms with Gasteiger partial charge in [0.15, 0.2) is 0 Å². The highest BCUT2D eigenvalue weighted by molar-refractivity contribution is 5.80. The molecule has 1 fully saturated rings. The molecular weight excluding hydrogens is 254 g/mol. The molecular formula is C16H21NO3. The van der Waals surface area contributed by atoms with Gasteiger partial charge in [0.25, 0.3) is 0 Å². The quantitative estimate of drug-likeness (QED) is 0.922. The van der Waals surface area contributed by atoms with Crippen molar-refractivity contribution in [2.24, 2.45) is 5.41 Å². The summed E-state index contributed by atoms with van der Waals surface area (Å²) in [5.41, 5.74) is 0.752. The lowest BCUT2D eigenvalue weighted by Gasteiger charge is -2.37. The second-order valence-corrected chi connectivity index (χ2v) is 6.00. The lowest BCUT2D eigenvalue weighted by Crippen LogP contribution is -2.48. The van der Waals surface area contributed by atoms with Gasteiger partial charge >= 0.3 is 6.09 Å². The summed E-state index contributed by atoms with van der Waals surface area (Å²) in [5.74, 6) is 0.269. The molecule has 0 aliphatic heterocycles. The summed E-state index contributed by atoms with van der Waals surface area (Å²) in [7, 11) is 0. The largest absolute Gasteiger partial charge is 0.445 e. The standard InChI is InChI=1S/C16H21NO3/c1-16(2)10-13(18)8-9-14(16)17-15(19)20-11-12-6-4-3-5-7-12/h3-7,14H,8-11H2,1-2H3,(H,17,19)/t14-/m0/s1. The second-order valence-electron chi connectivity index (χ2n) is 6.00. The van der Waals surface area contributed by atoms with Crippen molar-refractivity contribution in [1.29, 1.82) is 0 Å². The highest BCUT2D eigenvalue weighted by atomic mass is 16.5. The summed E-state index contributed by atoms with van der Waals surface area (Å²) < 4.78 is 5.22. The first-order chi connectivity index (χ1) is 9.47. The number of nitrogens with one attached hydrogen (secondary N) is 1. The Kier molecular flexibility index (Phi) is 4.42. The van der Waals surface area contributed by atoms with Gasteiger partial charge in [0.1, 0.15) is 12.4 Å².